The number of nitrogens with zero attached hydrogens (tertiary/aromatic N) is 1. The topological polar surface area (TPSA) is 3.24 Å². The fraction of sp³-hybridized carbons (Fsp3) is 1.00. The van der Waals surface area contributed by atoms with Crippen LogP contribution < -0.4 is 0 Å². The van der Waals surface area contributed by atoms with Crippen LogP contribution in [0.2, 0.25) is 0 Å². The molecule has 66 valence electrons. The third-order valence-corrected chi connectivity index (χ3v) is 2.77. The summed E-state index contributed by atoms with van der Waals surface area (Å²) >= 11 is 0. The van der Waals surface area contributed by atoms with Gasteiger partial charge < -0.3 is 4.90 Å². The second kappa shape index (κ2) is 3.57. The van der Waals surface area contributed by atoms with Gasteiger partial charge in [-0.15, -0.1) is 0 Å². The van der Waals surface area contributed by atoms with Crippen molar-refractivity contribution in [1.29, 1.82) is 0 Å². The third-order valence-electron chi connectivity index (χ3n) is 2.77. The van der Waals surface area contributed by atoms with Gasteiger partial charge in [0.25, 0.3) is 0 Å². The van der Waals surface area contributed by atoms with Crippen LogP contribution in [0.25, 0.3) is 0 Å². The molecule has 0 aromatic carbocycles. The minimum atomic E-state index is 0.720. The summed E-state index contributed by atoms with van der Waals surface area (Å²) in [6, 6.07) is 0. The van der Waals surface area contributed by atoms with Gasteiger partial charge in [0.2, 0.25) is 0 Å². The van der Waals surface area contributed by atoms with Crippen molar-refractivity contribution in [3.8, 4) is 0 Å². The van der Waals surface area contributed by atoms with Gasteiger partial charge in [0.1, 0.15) is 0 Å². The predicted molar refractivity (Wildman–Crippen MR) is 49.7 cm³/mol. The molecule has 0 aliphatic carbocycles. The Morgan fingerprint density at radius 3 is 1.82 bits per heavy atom. The Balaban J connectivity index is 2.33. The Kier molecular flexibility index (Phi) is 2.94. The van der Waals surface area contributed by atoms with E-state index in [9.17, 15) is 0 Å². The van der Waals surface area contributed by atoms with Crippen molar-refractivity contribution in [2.45, 2.75) is 39.5 Å². The van der Waals surface area contributed by atoms with Crippen molar-refractivity contribution in [2.24, 2.45) is 5.41 Å². The standard InChI is InChI=1S/C10H21N/c1-4-6-10(7-5-2)8-11(3)9-10/h4-9H2,1-3H3. The molecule has 1 fully saturated rings. The van der Waals surface area contributed by atoms with Crippen LogP contribution in [-0.4, -0.2) is 25.0 Å². The van der Waals surface area contributed by atoms with Gasteiger partial charge >= 0.3 is 0 Å². The van der Waals surface area contributed by atoms with Crippen LogP contribution in [-0.2, 0) is 0 Å². The zero-order valence-corrected chi connectivity index (χ0v) is 8.19. The first-order valence-electron chi connectivity index (χ1n) is 4.91. The molecular formula is C10H21N. The Bertz CT molecular complexity index is 98.5. The van der Waals surface area contributed by atoms with Crippen LogP contribution in [0.4, 0.5) is 0 Å². The average molecular weight is 155 g/mol. The third kappa shape index (κ3) is 1.96. The first kappa shape index (κ1) is 9.05. The monoisotopic (exact) mass is 155 g/mol. The lowest BCUT2D eigenvalue weighted by Crippen LogP contribution is -2.53. The van der Waals surface area contributed by atoms with E-state index in [0.29, 0.717) is 0 Å². The molecule has 1 aliphatic heterocycles. The van der Waals surface area contributed by atoms with Gasteiger partial charge in [-0.05, 0) is 25.3 Å². The summed E-state index contributed by atoms with van der Waals surface area (Å²) in [6.45, 7) is 7.29. The molecule has 1 heteroatoms. The van der Waals surface area contributed by atoms with Crippen LogP contribution in [0, 0.1) is 5.41 Å². The largest absolute Gasteiger partial charge is 0.305 e. The van der Waals surface area contributed by atoms with E-state index >= 15 is 0 Å². The molecule has 0 spiro atoms. The summed E-state index contributed by atoms with van der Waals surface area (Å²) in [4.78, 5) is 2.44. The number of rotatable bonds is 4. The molecule has 0 N–H and O–H groups in total. The Morgan fingerprint density at radius 1 is 1.09 bits per heavy atom. The van der Waals surface area contributed by atoms with Crippen molar-refractivity contribution >= 4 is 0 Å². The Morgan fingerprint density at radius 2 is 1.55 bits per heavy atom. The van der Waals surface area contributed by atoms with Crippen molar-refractivity contribution in [1.82, 2.24) is 4.90 Å². The number of hydrogen-bond donors (Lipinski definition) is 0. The molecule has 1 aliphatic rings. The lowest BCUT2D eigenvalue weighted by molar-refractivity contribution is 0.00570. The van der Waals surface area contributed by atoms with Crippen LogP contribution in [0.1, 0.15) is 39.5 Å². The molecule has 11 heavy (non-hydrogen) atoms. The second-order valence-corrected chi connectivity index (χ2v) is 4.17. The van der Waals surface area contributed by atoms with Crippen LogP contribution >= 0.6 is 0 Å². The predicted octanol–water partition coefficient (Wildman–Crippen LogP) is 2.52. The average Bonchev–Trinajstić information content (AvgIpc) is 1.86. The normalized spacial score (nSPS) is 23.2. The SMILES string of the molecule is CCCC1(CCC)CN(C)C1. The van der Waals surface area contributed by atoms with Crippen LogP contribution in [0.15, 0.2) is 0 Å². The van der Waals surface area contributed by atoms with Gasteiger partial charge in [-0.1, -0.05) is 26.7 Å². The molecule has 0 aromatic rings. The molecule has 0 unspecified atom stereocenters. The minimum Gasteiger partial charge on any atom is -0.305 e. The molecule has 0 radical (unpaired) electrons. The molecule has 0 amide bonds. The van der Waals surface area contributed by atoms with E-state index in [-0.39, 0.29) is 0 Å². The summed E-state index contributed by atoms with van der Waals surface area (Å²) in [7, 11) is 2.23. The zero-order chi connectivity index (χ0) is 8.32. The maximum Gasteiger partial charge on any atom is 0.00474 e. The molecule has 0 atom stereocenters. The lowest BCUT2D eigenvalue weighted by atomic mass is 9.73. The van der Waals surface area contributed by atoms with Crippen molar-refractivity contribution in [2.75, 3.05) is 20.1 Å². The Hall–Kier alpha value is -0.0400. The highest BCUT2D eigenvalue weighted by Gasteiger charge is 2.38. The van der Waals surface area contributed by atoms with E-state index < -0.39 is 0 Å². The highest BCUT2D eigenvalue weighted by Crippen LogP contribution is 2.38. The maximum atomic E-state index is 2.44. The Labute approximate surface area is 70.8 Å². The molecule has 0 saturated carbocycles. The van der Waals surface area contributed by atoms with Gasteiger partial charge in [-0.3, -0.25) is 0 Å². The van der Waals surface area contributed by atoms with E-state index in [4.69, 9.17) is 0 Å². The van der Waals surface area contributed by atoms with Crippen molar-refractivity contribution in [3.63, 3.8) is 0 Å². The molecule has 1 heterocycles. The van der Waals surface area contributed by atoms with Gasteiger partial charge in [-0.25, -0.2) is 0 Å². The number of likely N-dealkylation sites (tertiary alicyclic amines) is 1. The molecular weight excluding hydrogens is 134 g/mol. The van der Waals surface area contributed by atoms with E-state index in [1.165, 1.54) is 38.8 Å². The van der Waals surface area contributed by atoms with E-state index in [1.807, 2.05) is 0 Å². The lowest BCUT2D eigenvalue weighted by Gasteiger charge is -2.49. The highest BCUT2D eigenvalue weighted by atomic mass is 15.2. The van der Waals surface area contributed by atoms with Gasteiger partial charge in [0, 0.05) is 13.1 Å². The summed E-state index contributed by atoms with van der Waals surface area (Å²) in [5, 5.41) is 0. The maximum absolute atomic E-state index is 2.44. The minimum absolute atomic E-state index is 0.720. The molecule has 0 bridgehead atoms. The fourth-order valence-electron chi connectivity index (χ4n) is 2.60. The second-order valence-electron chi connectivity index (χ2n) is 4.17. The fourth-order valence-corrected chi connectivity index (χ4v) is 2.60. The quantitative estimate of drug-likeness (QED) is 0.603. The molecule has 1 saturated heterocycles. The number of hydrogen-bond acceptors (Lipinski definition) is 1. The summed E-state index contributed by atoms with van der Waals surface area (Å²) in [5.74, 6) is 0. The first-order chi connectivity index (χ1) is 5.22. The summed E-state index contributed by atoms with van der Waals surface area (Å²) in [5.41, 5.74) is 0.720. The first-order valence-corrected chi connectivity index (χ1v) is 4.91. The van der Waals surface area contributed by atoms with Gasteiger partial charge in [0.15, 0.2) is 0 Å². The van der Waals surface area contributed by atoms with Crippen LogP contribution in [0.3, 0.4) is 0 Å². The molecule has 0 aromatic heterocycles. The zero-order valence-electron chi connectivity index (χ0n) is 8.19. The van der Waals surface area contributed by atoms with Crippen LogP contribution in [0.5, 0.6) is 0 Å². The van der Waals surface area contributed by atoms with Gasteiger partial charge in [-0.2, -0.15) is 0 Å². The van der Waals surface area contributed by atoms with E-state index in [1.54, 1.807) is 0 Å². The van der Waals surface area contributed by atoms with Gasteiger partial charge in [0.05, 0.1) is 0 Å². The molecule has 1 rings (SSSR count). The smallest absolute Gasteiger partial charge is 0.00474 e. The van der Waals surface area contributed by atoms with E-state index in [0.717, 1.165) is 5.41 Å². The van der Waals surface area contributed by atoms with Crippen molar-refractivity contribution < 1.29 is 0 Å². The summed E-state index contributed by atoms with van der Waals surface area (Å²) < 4.78 is 0. The highest BCUT2D eigenvalue weighted by molar-refractivity contribution is 4.92. The molecule has 1 nitrogen and oxygen atoms in total. The summed E-state index contributed by atoms with van der Waals surface area (Å²) in [6.07, 6.45) is 5.58. The van der Waals surface area contributed by atoms with Crippen molar-refractivity contribution in [3.05, 3.63) is 0 Å². The van der Waals surface area contributed by atoms with E-state index in [2.05, 4.69) is 25.8 Å².